The number of anilines is 1. The summed E-state index contributed by atoms with van der Waals surface area (Å²) in [5, 5.41) is 2.40. The Bertz CT molecular complexity index is 799. The van der Waals surface area contributed by atoms with Crippen LogP contribution in [0.3, 0.4) is 0 Å². The number of benzene rings is 1. The van der Waals surface area contributed by atoms with Crippen LogP contribution >= 0.6 is 24.0 Å². The van der Waals surface area contributed by atoms with Crippen LogP contribution in [0.15, 0.2) is 41.1 Å². The van der Waals surface area contributed by atoms with Crippen molar-refractivity contribution in [1.29, 1.82) is 0 Å². The zero-order valence-corrected chi connectivity index (χ0v) is 15.9. The molecule has 0 radical (unpaired) electrons. The Kier molecular flexibility index (Phi) is 6.29. The van der Waals surface area contributed by atoms with E-state index >= 15 is 0 Å². The normalized spacial score (nSPS) is 17.7. The number of rotatable bonds is 6. The average molecular weight is 394 g/mol. The molecule has 138 valence electrons. The highest BCUT2D eigenvalue weighted by atomic mass is 32.1. The predicted octanol–water partition coefficient (Wildman–Crippen LogP) is 4.14. The zero-order valence-electron chi connectivity index (χ0n) is 14.2. The lowest BCUT2D eigenvalue weighted by Crippen LogP contribution is -2.19. The van der Waals surface area contributed by atoms with Gasteiger partial charge in [0.1, 0.15) is 11.9 Å². The van der Waals surface area contributed by atoms with Crippen LogP contribution in [0, 0.1) is 5.13 Å². The highest BCUT2D eigenvalue weighted by Gasteiger charge is 2.24. The van der Waals surface area contributed by atoms with Crippen LogP contribution in [0.1, 0.15) is 25.3 Å². The summed E-state index contributed by atoms with van der Waals surface area (Å²) in [6.45, 7) is 3.08. The number of amides is 1. The van der Waals surface area contributed by atoms with E-state index in [0.717, 1.165) is 28.8 Å². The molecule has 0 aliphatic carbocycles. The lowest BCUT2D eigenvalue weighted by molar-refractivity contribution is -0.111. The van der Waals surface area contributed by atoms with Crippen molar-refractivity contribution in [3.63, 3.8) is 0 Å². The molecule has 1 N–H and O–H groups in total. The van der Waals surface area contributed by atoms with Gasteiger partial charge in [-0.25, -0.2) is 4.98 Å². The van der Waals surface area contributed by atoms with Crippen LogP contribution in [0.4, 0.5) is 9.52 Å². The standard InChI is InChI=1S/C18H19FN2O3S2/c1-2-14(24-12-7-8-23-10-12)16(11-3-5-13(25)6-4-11)17(22)21-18-20-9-15(19)26-18/h3-6,9,12,25H,2,7-8,10H2,1H3,(H,20,21,22)/b16-14+/t12-/m1/s1. The Labute approximate surface area is 160 Å². The number of aromatic nitrogens is 1. The number of thiazole rings is 1. The first kappa shape index (κ1) is 18.9. The smallest absolute Gasteiger partial charge is 0.261 e. The maximum absolute atomic E-state index is 13.2. The van der Waals surface area contributed by atoms with Crippen molar-refractivity contribution in [3.8, 4) is 0 Å². The minimum absolute atomic E-state index is 0.0748. The van der Waals surface area contributed by atoms with E-state index in [4.69, 9.17) is 9.47 Å². The SMILES string of the molecule is CC/C(O[C@@H]1CCOC1)=C(\C(=O)Nc1ncc(F)s1)c1ccc(S)cc1. The van der Waals surface area contributed by atoms with Gasteiger partial charge in [0.05, 0.1) is 25.0 Å². The number of nitrogens with zero attached hydrogens (tertiary/aromatic N) is 1. The van der Waals surface area contributed by atoms with Crippen molar-refractivity contribution in [2.24, 2.45) is 0 Å². The number of allylic oxidation sites excluding steroid dienone is 1. The molecular weight excluding hydrogens is 375 g/mol. The van der Waals surface area contributed by atoms with Gasteiger partial charge in [-0.2, -0.15) is 4.39 Å². The molecule has 5 nitrogen and oxygen atoms in total. The van der Waals surface area contributed by atoms with Gasteiger partial charge in [-0.3, -0.25) is 10.1 Å². The van der Waals surface area contributed by atoms with Gasteiger partial charge in [0, 0.05) is 17.7 Å². The first-order chi connectivity index (χ1) is 12.6. The third-order valence-corrected chi connectivity index (χ3v) is 4.88. The van der Waals surface area contributed by atoms with Gasteiger partial charge in [-0.15, -0.1) is 12.6 Å². The van der Waals surface area contributed by atoms with E-state index in [-0.39, 0.29) is 17.1 Å². The minimum atomic E-state index is -0.458. The van der Waals surface area contributed by atoms with Crippen molar-refractivity contribution >= 4 is 40.6 Å². The Morgan fingerprint density at radius 2 is 2.23 bits per heavy atom. The molecule has 1 aromatic carbocycles. The van der Waals surface area contributed by atoms with E-state index < -0.39 is 5.13 Å². The van der Waals surface area contributed by atoms with E-state index in [1.165, 1.54) is 0 Å². The molecule has 8 heteroatoms. The highest BCUT2D eigenvalue weighted by Crippen LogP contribution is 2.28. The number of ether oxygens (including phenoxy) is 2. The summed E-state index contributed by atoms with van der Waals surface area (Å²) in [5.41, 5.74) is 1.11. The summed E-state index contributed by atoms with van der Waals surface area (Å²) in [6, 6.07) is 7.23. The number of carbonyl (C=O) groups is 1. The third kappa shape index (κ3) is 4.63. The maximum atomic E-state index is 13.2. The largest absolute Gasteiger partial charge is 0.491 e. The summed E-state index contributed by atoms with van der Waals surface area (Å²) in [4.78, 5) is 17.6. The van der Waals surface area contributed by atoms with E-state index in [1.807, 2.05) is 19.1 Å². The van der Waals surface area contributed by atoms with Crippen LogP contribution in [0.5, 0.6) is 0 Å². The fourth-order valence-corrected chi connectivity index (χ4v) is 3.33. The quantitative estimate of drug-likeness (QED) is 0.439. The second-order valence-corrected chi connectivity index (χ2v) is 7.22. The lowest BCUT2D eigenvalue weighted by atomic mass is 10.0. The molecule has 1 amide bonds. The van der Waals surface area contributed by atoms with Crippen LogP contribution in [0.2, 0.25) is 0 Å². The van der Waals surface area contributed by atoms with Crippen molar-refractivity contribution in [2.45, 2.75) is 30.8 Å². The fraction of sp³-hybridized carbons (Fsp3) is 0.333. The molecule has 0 spiro atoms. The molecule has 2 aromatic rings. The first-order valence-corrected chi connectivity index (χ1v) is 9.52. The molecule has 1 aromatic heterocycles. The molecule has 3 rings (SSSR count). The molecule has 1 aliphatic rings. The van der Waals surface area contributed by atoms with E-state index in [9.17, 15) is 9.18 Å². The zero-order chi connectivity index (χ0) is 18.5. The highest BCUT2D eigenvalue weighted by molar-refractivity contribution is 7.80. The maximum Gasteiger partial charge on any atom is 0.261 e. The number of thiol groups is 1. The van der Waals surface area contributed by atoms with Gasteiger partial charge < -0.3 is 9.47 Å². The summed E-state index contributed by atoms with van der Waals surface area (Å²) in [7, 11) is 0. The van der Waals surface area contributed by atoms with Crippen LogP contribution in [-0.2, 0) is 14.3 Å². The molecule has 1 atom stereocenters. The molecule has 2 heterocycles. The monoisotopic (exact) mass is 394 g/mol. The van der Waals surface area contributed by atoms with Gasteiger partial charge in [0.25, 0.3) is 5.91 Å². The third-order valence-electron chi connectivity index (χ3n) is 3.88. The summed E-state index contributed by atoms with van der Waals surface area (Å²) in [6.07, 6.45) is 2.32. The van der Waals surface area contributed by atoms with E-state index in [2.05, 4.69) is 22.9 Å². The molecule has 26 heavy (non-hydrogen) atoms. The Morgan fingerprint density at radius 3 is 2.81 bits per heavy atom. The molecule has 1 saturated heterocycles. The predicted molar refractivity (Wildman–Crippen MR) is 102 cm³/mol. The fourth-order valence-electron chi connectivity index (χ4n) is 2.64. The molecule has 0 bridgehead atoms. The molecule has 1 aliphatic heterocycles. The van der Waals surface area contributed by atoms with Crippen LogP contribution in [-0.4, -0.2) is 30.2 Å². The number of halogens is 1. The number of carbonyl (C=O) groups excluding carboxylic acids is 1. The first-order valence-electron chi connectivity index (χ1n) is 8.26. The second-order valence-electron chi connectivity index (χ2n) is 5.73. The van der Waals surface area contributed by atoms with E-state index in [0.29, 0.717) is 36.5 Å². The Hall–Kier alpha value is -1.90. The van der Waals surface area contributed by atoms with Gasteiger partial charge in [-0.1, -0.05) is 30.4 Å². The van der Waals surface area contributed by atoms with Crippen molar-refractivity contribution in [3.05, 3.63) is 46.9 Å². The van der Waals surface area contributed by atoms with Gasteiger partial charge in [0.15, 0.2) is 10.3 Å². The molecule has 0 unspecified atom stereocenters. The van der Waals surface area contributed by atoms with Crippen molar-refractivity contribution in [1.82, 2.24) is 4.98 Å². The van der Waals surface area contributed by atoms with Crippen LogP contribution < -0.4 is 5.32 Å². The van der Waals surface area contributed by atoms with Crippen LogP contribution in [0.25, 0.3) is 5.57 Å². The number of nitrogens with one attached hydrogen (secondary N) is 1. The Morgan fingerprint density at radius 1 is 1.46 bits per heavy atom. The summed E-state index contributed by atoms with van der Waals surface area (Å²) in [5.74, 6) is 0.184. The number of hydrogen-bond acceptors (Lipinski definition) is 6. The lowest BCUT2D eigenvalue weighted by Gasteiger charge is -2.19. The summed E-state index contributed by atoms with van der Waals surface area (Å²) >= 11 is 5.07. The molecular formula is C18H19FN2O3S2. The minimum Gasteiger partial charge on any atom is -0.491 e. The van der Waals surface area contributed by atoms with Crippen molar-refractivity contribution < 1.29 is 18.7 Å². The van der Waals surface area contributed by atoms with Crippen molar-refractivity contribution in [2.75, 3.05) is 18.5 Å². The topological polar surface area (TPSA) is 60.5 Å². The average Bonchev–Trinajstić information content (AvgIpc) is 3.27. The van der Waals surface area contributed by atoms with Gasteiger partial charge >= 0.3 is 0 Å². The molecule has 1 fully saturated rings. The Balaban J connectivity index is 1.94. The second kappa shape index (κ2) is 8.66. The van der Waals surface area contributed by atoms with Gasteiger partial charge in [-0.05, 0) is 17.7 Å². The molecule has 0 saturated carbocycles. The van der Waals surface area contributed by atoms with Gasteiger partial charge in [0.2, 0.25) is 0 Å². The summed E-state index contributed by atoms with van der Waals surface area (Å²) < 4.78 is 24.6. The van der Waals surface area contributed by atoms with E-state index in [1.54, 1.807) is 12.1 Å². The number of hydrogen-bond donors (Lipinski definition) is 2.